The van der Waals surface area contributed by atoms with Crippen LogP contribution in [0.15, 0.2) is 71.2 Å². The minimum absolute atomic E-state index is 0.0573. The third-order valence-corrected chi connectivity index (χ3v) is 5.61. The molecular weight excluding hydrogens is 348 g/mol. The molecule has 2 aromatic heterocycles. The summed E-state index contributed by atoms with van der Waals surface area (Å²) in [4.78, 5) is 17.9. The third-order valence-electron chi connectivity index (χ3n) is 3.73. The van der Waals surface area contributed by atoms with Gasteiger partial charge in [-0.05, 0) is 35.6 Å². The Morgan fingerprint density at radius 2 is 2.00 bits per heavy atom. The Balaban J connectivity index is 1.58. The number of hydrogen-bond donors (Lipinski definition) is 1. The van der Waals surface area contributed by atoms with E-state index in [4.69, 9.17) is 0 Å². The Morgan fingerprint density at radius 1 is 1.16 bits per heavy atom. The van der Waals surface area contributed by atoms with E-state index in [2.05, 4.69) is 28.5 Å². The van der Waals surface area contributed by atoms with E-state index in [1.807, 2.05) is 54.9 Å². The van der Waals surface area contributed by atoms with Gasteiger partial charge in [0, 0.05) is 23.2 Å². The standard InChI is InChI=1S/C20H20N2OS2/c1-15-9-10-19(21-14-15)25-13-11-18(23)22-20(17-8-5-12-24-17)16-6-3-2-4-7-16/h2-10,12,14,20H,11,13H2,1H3,(H,22,23). The van der Waals surface area contributed by atoms with E-state index in [0.717, 1.165) is 21.0 Å². The van der Waals surface area contributed by atoms with E-state index in [1.54, 1.807) is 23.1 Å². The highest BCUT2D eigenvalue weighted by atomic mass is 32.2. The molecule has 0 fully saturated rings. The molecule has 1 N–H and O–H groups in total. The zero-order valence-corrected chi connectivity index (χ0v) is 15.6. The molecule has 1 amide bonds. The number of benzene rings is 1. The summed E-state index contributed by atoms with van der Waals surface area (Å²) in [7, 11) is 0. The third kappa shape index (κ3) is 5.18. The van der Waals surface area contributed by atoms with Crippen LogP contribution in [0.5, 0.6) is 0 Å². The number of nitrogens with one attached hydrogen (secondary N) is 1. The molecular formula is C20H20N2OS2. The molecule has 1 unspecified atom stereocenters. The quantitative estimate of drug-likeness (QED) is 0.607. The highest BCUT2D eigenvalue weighted by molar-refractivity contribution is 7.99. The second-order valence-electron chi connectivity index (χ2n) is 5.70. The number of carbonyl (C=O) groups excluding carboxylic acids is 1. The summed E-state index contributed by atoms with van der Waals surface area (Å²) in [5.41, 5.74) is 2.25. The van der Waals surface area contributed by atoms with Crippen LogP contribution in [0, 0.1) is 6.92 Å². The van der Waals surface area contributed by atoms with Gasteiger partial charge >= 0.3 is 0 Å². The molecule has 5 heteroatoms. The van der Waals surface area contributed by atoms with Gasteiger partial charge in [-0.1, -0.05) is 42.5 Å². The monoisotopic (exact) mass is 368 g/mol. The van der Waals surface area contributed by atoms with E-state index in [-0.39, 0.29) is 11.9 Å². The van der Waals surface area contributed by atoms with Crippen molar-refractivity contribution in [3.8, 4) is 0 Å². The first-order chi connectivity index (χ1) is 12.2. The van der Waals surface area contributed by atoms with Gasteiger partial charge in [-0.3, -0.25) is 4.79 Å². The van der Waals surface area contributed by atoms with E-state index >= 15 is 0 Å². The van der Waals surface area contributed by atoms with Crippen molar-refractivity contribution in [3.05, 3.63) is 82.2 Å². The highest BCUT2D eigenvalue weighted by Gasteiger charge is 2.17. The molecule has 1 atom stereocenters. The Bertz CT molecular complexity index is 786. The van der Waals surface area contributed by atoms with Crippen LogP contribution >= 0.6 is 23.1 Å². The first kappa shape index (κ1) is 17.7. The van der Waals surface area contributed by atoms with Crippen molar-refractivity contribution in [2.24, 2.45) is 0 Å². The van der Waals surface area contributed by atoms with Crippen LogP contribution in [0.4, 0.5) is 0 Å². The first-order valence-electron chi connectivity index (χ1n) is 8.15. The Morgan fingerprint density at radius 3 is 2.68 bits per heavy atom. The van der Waals surface area contributed by atoms with Crippen molar-refractivity contribution in [1.29, 1.82) is 0 Å². The molecule has 1 aromatic carbocycles. The first-order valence-corrected chi connectivity index (χ1v) is 10.0. The maximum atomic E-state index is 12.4. The molecule has 3 nitrogen and oxygen atoms in total. The lowest BCUT2D eigenvalue weighted by molar-refractivity contribution is -0.121. The summed E-state index contributed by atoms with van der Waals surface area (Å²) < 4.78 is 0. The van der Waals surface area contributed by atoms with Gasteiger partial charge < -0.3 is 5.32 Å². The fourth-order valence-electron chi connectivity index (χ4n) is 2.44. The lowest BCUT2D eigenvalue weighted by Gasteiger charge is -2.18. The maximum absolute atomic E-state index is 12.4. The Hall–Kier alpha value is -2.11. The molecule has 0 saturated heterocycles. The molecule has 0 aliphatic carbocycles. The molecule has 0 aliphatic rings. The normalized spacial score (nSPS) is 11.9. The average Bonchev–Trinajstić information content (AvgIpc) is 3.16. The van der Waals surface area contributed by atoms with Gasteiger partial charge in [-0.15, -0.1) is 23.1 Å². The van der Waals surface area contributed by atoms with Gasteiger partial charge in [-0.2, -0.15) is 0 Å². The summed E-state index contributed by atoms with van der Waals surface area (Å²) in [6.07, 6.45) is 2.32. The molecule has 0 spiro atoms. The minimum Gasteiger partial charge on any atom is -0.344 e. The Kier molecular flexibility index (Phi) is 6.25. The fraction of sp³-hybridized carbons (Fsp3) is 0.200. The maximum Gasteiger partial charge on any atom is 0.221 e. The SMILES string of the molecule is Cc1ccc(SCCC(=O)NC(c2ccccc2)c2cccs2)nc1. The smallest absolute Gasteiger partial charge is 0.221 e. The Labute approximate surface area is 156 Å². The van der Waals surface area contributed by atoms with Gasteiger partial charge in [-0.25, -0.2) is 4.98 Å². The molecule has 2 heterocycles. The number of rotatable bonds is 7. The number of pyridine rings is 1. The van der Waals surface area contributed by atoms with E-state index in [1.165, 1.54) is 0 Å². The van der Waals surface area contributed by atoms with Crippen molar-refractivity contribution in [2.75, 3.05) is 5.75 Å². The van der Waals surface area contributed by atoms with Crippen LogP contribution in [0.3, 0.4) is 0 Å². The van der Waals surface area contributed by atoms with Crippen LogP contribution in [0.2, 0.25) is 0 Å². The fourth-order valence-corrected chi connectivity index (χ4v) is 4.03. The van der Waals surface area contributed by atoms with Crippen LogP contribution < -0.4 is 5.32 Å². The molecule has 0 radical (unpaired) electrons. The molecule has 0 saturated carbocycles. The van der Waals surface area contributed by atoms with Crippen LogP contribution in [-0.4, -0.2) is 16.6 Å². The van der Waals surface area contributed by atoms with Crippen molar-refractivity contribution in [3.63, 3.8) is 0 Å². The van der Waals surface area contributed by atoms with Gasteiger partial charge in [0.25, 0.3) is 0 Å². The summed E-state index contributed by atoms with van der Waals surface area (Å²) in [6, 6.07) is 18.1. The zero-order valence-electron chi connectivity index (χ0n) is 14.0. The van der Waals surface area contributed by atoms with Crippen LogP contribution in [0.25, 0.3) is 0 Å². The van der Waals surface area contributed by atoms with E-state index < -0.39 is 0 Å². The minimum atomic E-state index is -0.0869. The molecule has 3 aromatic rings. The summed E-state index contributed by atoms with van der Waals surface area (Å²) in [5, 5.41) is 6.16. The highest BCUT2D eigenvalue weighted by Crippen LogP contribution is 2.26. The van der Waals surface area contributed by atoms with Gasteiger partial charge in [0.2, 0.25) is 5.91 Å². The van der Waals surface area contributed by atoms with Gasteiger partial charge in [0.15, 0.2) is 0 Å². The molecule has 25 heavy (non-hydrogen) atoms. The topological polar surface area (TPSA) is 42.0 Å². The summed E-state index contributed by atoms with van der Waals surface area (Å²) in [5.74, 6) is 0.773. The van der Waals surface area contributed by atoms with E-state index in [0.29, 0.717) is 12.2 Å². The molecule has 128 valence electrons. The van der Waals surface area contributed by atoms with Crippen molar-refractivity contribution >= 4 is 29.0 Å². The van der Waals surface area contributed by atoms with Crippen molar-refractivity contribution in [2.45, 2.75) is 24.4 Å². The summed E-state index contributed by atoms with van der Waals surface area (Å²) in [6.45, 7) is 2.02. The number of thiophene rings is 1. The average molecular weight is 369 g/mol. The van der Waals surface area contributed by atoms with Crippen LogP contribution in [-0.2, 0) is 4.79 Å². The number of aromatic nitrogens is 1. The molecule has 3 rings (SSSR count). The largest absolute Gasteiger partial charge is 0.344 e. The number of nitrogens with zero attached hydrogens (tertiary/aromatic N) is 1. The molecule has 0 aliphatic heterocycles. The molecule has 0 bridgehead atoms. The van der Waals surface area contributed by atoms with Crippen molar-refractivity contribution in [1.82, 2.24) is 10.3 Å². The lowest BCUT2D eigenvalue weighted by Crippen LogP contribution is -2.29. The van der Waals surface area contributed by atoms with Gasteiger partial charge in [0.05, 0.1) is 11.1 Å². The van der Waals surface area contributed by atoms with E-state index in [9.17, 15) is 4.79 Å². The van der Waals surface area contributed by atoms with Crippen molar-refractivity contribution < 1.29 is 4.79 Å². The van der Waals surface area contributed by atoms with Gasteiger partial charge in [0.1, 0.15) is 0 Å². The number of aryl methyl sites for hydroxylation is 1. The van der Waals surface area contributed by atoms with Crippen LogP contribution in [0.1, 0.15) is 28.5 Å². The predicted octanol–water partition coefficient (Wildman–Crippen LogP) is 4.84. The lowest BCUT2D eigenvalue weighted by atomic mass is 10.1. The predicted molar refractivity (Wildman–Crippen MR) is 105 cm³/mol. The number of amides is 1. The second-order valence-corrected chi connectivity index (χ2v) is 7.79. The number of thioether (sulfide) groups is 1. The number of carbonyl (C=O) groups is 1. The zero-order chi connectivity index (χ0) is 17.5. The summed E-state index contributed by atoms with van der Waals surface area (Å²) >= 11 is 3.27. The second kappa shape index (κ2) is 8.83. The number of hydrogen-bond acceptors (Lipinski definition) is 4.